The number of aryl methyl sites for hydroxylation is 1. The van der Waals surface area contributed by atoms with Gasteiger partial charge in [0, 0.05) is 31.0 Å². The lowest BCUT2D eigenvalue weighted by Crippen LogP contribution is -2.35. The summed E-state index contributed by atoms with van der Waals surface area (Å²) in [6.45, 7) is 8.31. The maximum atomic E-state index is 3.54. The zero-order valence-electron chi connectivity index (χ0n) is 12.3. The highest BCUT2D eigenvalue weighted by Crippen LogP contribution is 2.31. The van der Waals surface area contributed by atoms with Crippen molar-refractivity contribution < 1.29 is 0 Å². The van der Waals surface area contributed by atoms with Gasteiger partial charge in [-0.15, -0.1) is 0 Å². The molecule has 2 aliphatic heterocycles. The van der Waals surface area contributed by atoms with Crippen molar-refractivity contribution in [3.63, 3.8) is 0 Å². The van der Waals surface area contributed by atoms with E-state index in [2.05, 4.69) is 42.3 Å². The van der Waals surface area contributed by atoms with Gasteiger partial charge in [0.05, 0.1) is 0 Å². The van der Waals surface area contributed by atoms with Crippen molar-refractivity contribution in [2.45, 2.75) is 39.5 Å². The number of fused-ring (bicyclic) bond motifs is 1. The normalized spacial score (nSPS) is 20.3. The molecular weight excluding hydrogens is 232 g/mol. The van der Waals surface area contributed by atoms with Gasteiger partial charge in [-0.25, -0.2) is 0 Å². The first-order valence-corrected chi connectivity index (χ1v) is 7.86. The Labute approximate surface area is 117 Å². The van der Waals surface area contributed by atoms with Crippen LogP contribution in [0.15, 0.2) is 18.2 Å². The minimum absolute atomic E-state index is 0.840. The number of nitrogens with zero attached hydrogens (tertiary/aromatic N) is 1. The van der Waals surface area contributed by atoms with Crippen LogP contribution < -0.4 is 10.2 Å². The Morgan fingerprint density at radius 2 is 2.00 bits per heavy atom. The van der Waals surface area contributed by atoms with Gasteiger partial charge >= 0.3 is 0 Å². The summed E-state index contributed by atoms with van der Waals surface area (Å²) in [5, 5.41) is 3.54. The quantitative estimate of drug-likeness (QED) is 0.865. The molecule has 0 bridgehead atoms. The number of benzene rings is 1. The van der Waals surface area contributed by atoms with E-state index in [0.717, 1.165) is 18.4 Å². The lowest BCUT2D eigenvalue weighted by Gasteiger charge is -2.36. The Kier molecular flexibility index (Phi) is 3.67. The molecule has 0 atom stereocenters. The first-order chi connectivity index (χ1) is 9.24. The molecule has 2 nitrogen and oxygen atoms in total. The Morgan fingerprint density at radius 3 is 2.74 bits per heavy atom. The summed E-state index contributed by atoms with van der Waals surface area (Å²) in [6, 6.07) is 7.01. The predicted molar refractivity (Wildman–Crippen MR) is 83.0 cm³/mol. The van der Waals surface area contributed by atoms with Crippen molar-refractivity contribution >= 4 is 11.4 Å². The van der Waals surface area contributed by atoms with Crippen molar-refractivity contribution in [2.24, 2.45) is 11.8 Å². The molecule has 1 saturated heterocycles. The third-order valence-electron chi connectivity index (χ3n) is 4.88. The fourth-order valence-electron chi connectivity index (χ4n) is 3.47. The van der Waals surface area contributed by atoms with Crippen LogP contribution in [-0.2, 0) is 6.42 Å². The number of nitrogens with one attached hydrogen (secondary N) is 1. The molecule has 3 rings (SSSR count). The molecule has 104 valence electrons. The zero-order chi connectivity index (χ0) is 13.2. The molecule has 1 fully saturated rings. The number of piperidine rings is 1. The molecule has 19 heavy (non-hydrogen) atoms. The van der Waals surface area contributed by atoms with E-state index in [1.807, 2.05) is 0 Å². The second-order valence-corrected chi connectivity index (χ2v) is 6.44. The van der Waals surface area contributed by atoms with Crippen molar-refractivity contribution in [1.82, 2.24) is 0 Å². The summed E-state index contributed by atoms with van der Waals surface area (Å²) < 4.78 is 0. The van der Waals surface area contributed by atoms with E-state index in [0.29, 0.717) is 0 Å². The molecule has 2 heterocycles. The lowest BCUT2D eigenvalue weighted by atomic mass is 9.86. The van der Waals surface area contributed by atoms with E-state index in [1.165, 1.54) is 55.7 Å². The summed E-state index contributed by atoms with van der Waals surface area (Å²) in [4.78, 5) is 2.56. The molecule has 0 aliphatic carbocycles. The van der Waals surface area contributed by atoms with Crippen LogP contribution in [0.3, 0.4) is 0 Å². The fraction of sp³-hybridized carbons (Fsp3) is 0.647. The molecule has 2 aliphatic rings. The van der Waals surface area contributed by atoms with Crippen molar-refractivity contribution in [3.8, 4) is 0 Å². The highest BCUT2D eigenvalue weighted by Gasteiger charge is 2.22. The van der Waals surface area contributed by atoms with Gasteiger partial charge in [0.15, 0.2) is 0 Å². The molecule has 1 aromatic carbocycles. The van der Waals surface area contributed by atoms with E-state index in [4.69, 9.17) is 0 Å². The average molecular weight is 258 g/mol. The third-order valence-corrected chi connectivity index (χ3v) is 4.88. The topological polar surface area (TPSA) is 15.3 Å². The second-order valence-electron chi connectivity index (χ2n) is 6.44. The first-order valence-electron chi connectivity index (χ1n) is 7.86. The molecule has 0 amide bonds. The highest BCUT2D eigenvalue weighted by molar-refractivity contribution is 5.63. The van der Waals surface area contributed by atoms with E-state index < -0.39 is 0 Å². The molecule has 0 saturated carbocycles. The molecule has 1 N–H and O–H groups in total. The summed E-state index contributed by atoms with van der Waals surface area (Å²) >= 11 is 0. The number of hydrogen-bond acceptors (Lipinski definition) is 2. The molecule has 0 spiro atoms. The molecule has 0 aromatic heterocycles. The van der Waals surface area contributed by atoms with Gasteiger partial charge in [0.1, 0.15) is 0 Å². The molecule has 0 radical (unpaired) electrons. The second kappa shape index (κ2) is 5.44. The zero-order valence-corrected chi connectivity index (χ0v) is 12.3. The van der Waals surface area contributed by atoms with Gasteiger partial charge in [0.2, 0.25) is 0 Å². The van der Waals surface area contributed by atoms with Crippen LogP contribution in [0.4, 0.5) is 11.4 Å². The van der Waals surface area contributed by atoms with Crippen LogP contribution in [0.5, 0.6) is 0 Å². The standard InChI is InChI=1S/C17H26N2/c1-13(2)14-7-10-19(11-8-14)16-6-5-15-4-3-9-18-17(15)12-16/h5-6,12-14,18H,3-4,7-11H2,1-2H3. The van der Waals surface area contributed by atoms with Crippen LogP contribution in [0, 0.1) is 11.8 Å². The smallest absolute Gasteiger partial charge is 0.0393 e. The Balaban J connectivity index is 1.70. The highest BCUT2D eigenvalue weighted by atomic mass is 15.1. The molecule has 0 unspecified atom stereocenters. The summed E-state index contributed by atoms with van der Waals surface area (Å²) in [5.74, 6) is 1.76. The van der Waals surface area contributed by atoms with Crippen LogP contribution in [0.2, 0.25) is 0 Å². The van der Waals surface area contributed by atoms with E-state index in [1.54, 1.807) is 0 Å². The number of hydrogen-bond donors (Lipinski definition) is 1. The van der Waals surface area contributed by atoms with E-state index in [9.17, 15) is 0 Å². The van der Waals surface area contributed by atoms with Gasteiger partial charge in [0.25, 0.3) is 0 Å². The van der Waals surface area contributed by atoms with Gasteiger partial charge in [-0.2, -0.15) is 0 Å². The number of anilines is 2. The first kappa shape index (κ1) is 12.8. The fourth-order valence-corrected chi connectivity index (χ4v) is 3.47. The van der Waals surface area contributed by atoms with Crippen LogP contribution >= 0.6 is 0 Å². The van der Waals surface area contributed by atoms with Gasteiger partial charge in [-0.05, 0) is 55.2 Å². The third kappa shape index (κ3) is 2.72. The minimum Gasteiger partial charge on any atom is -0.385 e. The maximum absolute atomic E-state index is 3.54. The van der Waals surface area contributed by atoms with Crippen molar-refractivity contribution in [1.29, 1.82) is 0 Å². The van der Waals surface area contributed by atoms with Gasteiger partial charge in [-0.1, -0.05) is 19.9 Å². The summed E-state index contributed by atoms with van der Waals surface area (Å²) in [7, 11) is 0. The Bertz CT molecular complexity index is 431. The molecule has 2 heteroatoms. The monoisotopic (exact) mass is 258 g/mol. The Morgan fingerprint density at radius 1 is 1.21 bits per heavy atom. The van der Waals surface area contributed by atoms with Crippen molar-refractivity contribution in [3.05, 3.63) is 23.8 Å². The molecule has 1 aromatic rings. The largest absolute Gasteiger partial charge is 0.385 e. The van der Waals surface area contributed by atoms with Gasteiger partial charge < -0.3 is 10.2 Å². The van der Waals surface area contributed by atoms with E-state index >= 15 is 0 Å². The van der Waals surface area contributed by atoms with Crippen LogP contribution in [0.25, 0.3) is 0 Å². The van der Waals surface area contributed by atoms with Gasteiger partial charge in [-0.3, -0.25) is 0 Å². The van der Waals surface area contributed by atoms with Crippen LogP contribution in [-0.4, -0.2) is 19.6 Å². The maximum Gasteiger partial charge on any atom is 0.0393 e. The average Bonchev–Trinajstić information content (AvgIpc) is 2.47. The summed E-state index contributed by atoms with van der Waals surface area (Å²) in [6.07, 6.45) is 5.20. The van der Waals surface area contributed by atoms with Crippen LogP contribution in [0.1, 0.15) is 38.7 Å². The molecular formula is C17H26N2. The lowest BCUT2D eigenvalue weighted by molar-refractivity contribution is 0.311. The number of rotatable bonds is 2. The van der Waals surface area contributed by atoms with E-state index in [-0.39, 0.29) is 0 Å². The minimum atomic E-state index is 0.840. The predicted octanol–water partition coefficient (Wildman–Crippen LogP) is 3.92. The SMILES string of the molecule is CC(C)C1CCN(c2ccc3c(c2)NCCC3)CC1. The Hall–Kier alpha value is -1.18. The summed E-state index contributed by atoms with van der Waals surface area (Å²) in [5.41, 5.74) is 4.28. The van der Waals surface area contributed by atoms with Crippen molar-refractivity contribution in [2.75, 3.05) is 29.9 Å².